The van der Waals surface area contributed by atoms with Gasteiger partial charge in [0.2, 0.25) is 0 Å². The summed E-state index contributed by atoms with van der Waals surface area (Å²) in [5, 5.41) is 13.5. The van der Waals surface area contributed by atoms with Gasteiger partial charge >= 0.3 is 0 Å². The minimum atomic E-state index is -0.358. The monoisotopic (exact) mass is 253 g/mol. The number of nitrogens with two attached hydrogens (primary N) is 1. The first-order valence-corrected chi connectivity index (χ1v) is 6.24. The first-order valence-electron chi connectivity index (χ1n) is 5.66. The molecule has 94 valence electrons. The first kappa shape index (κ1) is 14.0. The zero-order valence-corrected chi connectivity index (χ0v) is 11.2. The number of likely N-dealkylation sites (N-methyl/N-ethyl adjacent to an activating group) is 1. The Balaban J connectivity index is 2.62. The van der Waals surface area contributed by atoms with Gasteiger partial charge in [0.15, 0.2) is 0 Å². The summed E-state index contributed by atoms with van der Waals surface area (Å²) in [6.45, 7) is 2.91. The van der Waals surface area contributed by atoms with E-state index in [9.17, 15) is 0 Å². The lowest BCUT2D eigenvalue weighted by molar-refractivity contribution is 0.429. The Morgan fingerprint density at radius 1 is 1.35 bits per heavy atom. The van der Waals surface area contributed by atoms with Crippen molar-refractivity contribution in [2.24, 2.45) is 16.1 Å². The van der Waals surface area contributed by atoms with Crippen LogP contribution in [0.5, 0.6) is 0 Å². The highest BCUT2D eigenvalue weighted by Gasteiger charge is 2.16. The Labute approximate surface area is 104 Å². The van der Waals surface area contributed by atoms with Crippen LogP contribution in [0.15, 0.2) is 40.7 Å². The Morgan fingerprint density at radius 2 is 2.06 bits per heavy atom. The number of nitrogens with zero attached hydrogens (tertiary/aromatic N) is 2. The number of hydrogen-bond donors (Lipinski definition) is 3. The van der Waals surface area contributed by atoms with Crippen molar-refractivity contribution >= 4 is 9.39 Å². The van der Waals surface area contributed by atoms with Gasteiger partial charge in [-0.1, -0.05) is 42.5 Å². The molecule has 0 saturated carbocycles. The second-order valence-corrected chi connectivity index (χ2v) is 3.95. The van der Waals surface area contributed by atoms with Crippen LogP contribution in [0.4, 0.5) is 0 Å². The van der Waals surface area contributed by atoms with Crippen molar-refractivity contribution in [2.45, 2.75) is 25.6 Å². The number of hydrogen-bond acceptors (Lipinski definition) is 4. The van der Waals surface area contributed by atoms with Crippen molar-refractivity contribution < 1.29 is 0 Å². The lowest BCUT2D eigenvalue weighted by Crippen LogP contribution is -2.45. The summed E-state index contributed by atoms with van der Waals surface area (Å²) in [4.78, 5) is 0. The summed E-state index contributed by atoms with van der Waals surface area (Å²) in [5.74, 6) is 0. The van der Waals surface area contributed by atoms with Crippen LogP contribution in [0.1, 0.15) is 12.5 Å². The van der Waals surface area contributed by atoms with Crippen LogP contribution in [0.25, 0.3) is 0 Å². The van der Waals surface area contributed by atoms with E-state index in [1.165, 1.54) is 5.56 Å². The van der Waals surface area contributed by atoms with Crippen molar-refractivity contribution in [2.75, 3.05) is 6.54 Å². The maximum absolute atomic E-state index is 5.97. The molecule has 1 aromatic rings. The molecule has 3 atom stereocenters. The third kappa shape index (κ3) is 5.22. The van der Waals surface area contributed by atoms with E-state index in [0.717, 1.165) is 13.0 Å². The molecular weight excluding hydrogens is 233 g/mol. The van der Waals surface area contributed by atoms with Gasteiger partial charge in [-0.2, -0.15) is 5.11 Å². The van der Waals surface area contributed by atoms with E-state index >= 15 is 0 Å². The van der Waals surface area contributed by atoms with E-state index in [4.69, 9.17) is 5.73 Å². The van der Waals surface area contributed by atoms with Gasteiger partial charge in [0.05, 0.1) is 0 Å². The van der Waals surface area contributed by atoms with Crippen LogP contribution in [0.3, 0.4) is 0 Å². The van der Waals surface area contributed by atoms with Crippen LogP contribution >= 0.6 is 9.39 Å². The van der Waals surface area contributed by atoms with E-state index in [1.807, 2.05) is 18.2 Å². The zero-order chi connectivity index (χ0) is 12.5. The predicted molar refractivity (Wildman–Crippen MR) is 73.3 cm³/mol. The highest BCUT2D eigenvalue weighted by molar-refractivity contribution is 7.13. The maximum atomic E-state index is 5.97. The molecular formula is C11H20N5P. The molecule has 0 radical (unpaired) electrons. The van der Waals surface area contributed by atoms with Gasteiger partial charge in [0.1, 0.15) is 6.17 Å². The average molecular weight is 253 g/mol. The summed E-state index contributed by atoms with van der Waals surface area (Å²) in [7, 11) is 2.26. The number of nitrogens with one attached hydrogen (secondary N) is 2. The molecule has 4 N–H and O–H groups in total. The summed E-state index contributed by atoms with van der Waals surface area (Å²) >= 11 is 0. The quantitative estimate of drug-likeness (QED) is 0.389. The zero-order valence-electron chi connectivity index (χ0n) is 10.0. The van der Waals surface area contributed by atoms with Gasteiger partial charge in [0, 0.05) is 6.04 Å². The lowest BCUT2D eigenvalue weighted by atomic mass is 10.0. The van der Waals surface area contributed by atoms with Gasteiger partial charge in [0.25, 0.3) is 0 Å². The average Bonchev–Trinajstić information content (AvgIpc) is 2.36. The molecule has 1 aromatic carbocycles. The fourth-order valence-electron chi connectivity index (χ4n) is 1.62. The normalized spacial score (nSPS) is 14.8. The fourth-order valence-corrected chi connectivity index (χ4v) is 1.69. The van der Waals surface area contributed by atoms with Crippen molar-refractivity contribution in [3.05, 3.63) is 35.9 Å². The molecule has 0 saturated heterocycles. The third-order valence-corrected chi connectivity index (χ3v) is 2.54. The minimum absolute atomic E-state index is 0.0875. The van der Waals surface area contributed by atoms with Gasteiger partial charge in [-0.3, -0.25) is 5.20 Å². The van der Waals surface area contributed by atoms with E-state index in [-0.39, 0.29) is 12.2 Å². The van der Waals surface area contributed by atoms with Gasteiger partial charge in [-0.25, -0.2) is 0 Å². The second kappa shape index (κ2) is 8.12. The molecule has 0 aliphatic heterocycles. The summed E-state index contributed by atoms with van der Waals surface area (Å²) < 4.78 is 0. The molecule has 6 heteroatoms. The van der Waals surface area contributed by atoms with Crippen molar-refractivity contribution in [3.8, 4) is 0 Å². The molecule has 1 rings (SSSR count). The van der Waals surface area contributed by atoms with E-state index in [2.05, 4.69) is 49.3 Å². The van der Waals surface area contributed by atoms with Gasteiger partial charge in [-0.05, 0) is 27.9 Å². The molecule has 0 aromatic heterocycles. The van der Waals surface area contributed by atoms with Crippen molar-refractivity contribution in [1.82, 2.24) is 10.5 Å². The van der Waals surface area contributed by atoms with Crippen molar-refractivity contribution in [1.29, 1.82) is 0 Å². The fraction of sp³-hybridized carbons (Fsp3) is 0.455. The highest BCUT2D eigenvalue weighted by atomic mass is 31.0. The summed E-state index contributed by atoms with van der Waals surface area (Å²) in [5.41, 5.74) is 7.20. The molecule has 0 bridgehead atoms. The number of rotatable bonds is 7. The van der Waals surface area contributed by atoms with Crippen LogP contribution in [0.2, 0.25) is 0 Å². The molecule has 2 unspecified atom stereocenters. The molecule has 0 spiro atoms. The Bertz CT molecular complexity index is 330. The van der Waals surface area contributed by atoms with Crippen LogP contribution < -0.4 is 16.2 Å². The van der Waals surface area contributed by atoms with E-state index in [1.54, 1.807) is 0 Å². The number of benzene rings is 1. The predicted octanol–water partition coefficient (Wildman–Crippen LogP) is 1.24. The highest BCUT2D eigenvalue weighted by Crippen LogP contribution is 2.06. The van der Waals surface area contributed by atoms with Crippen LogP contribution in [0, 0.1) is 0 Å². The smallest absolute Gasteiger partial charge is 0.136 e. The Hall–Kier alpha value is -1.03. The van der Waals surface area contributed by atoms with E-state index < -0.39 is 0 Å². The summed E-state index contributed by atoms with van der Waals surface area (Å²) in [6, 6.07) is 10.3. The molecule has 5 nitrogen and oxygen atoms in total. The lowest BCUT2D eigenvalue weighted by Gasteiger charge is -2.20. The topological polar surface area (TPSA) is 74.8 Å². The molecule has 17 heavy (non-hydrogen) atoms. The van der Waals surface area contributed by atoms with E-state index in [0.29, 0.717) is 0 Å². The second-order valence-electron chi connectivity index (χ2n) is 3.69. The molecule has 0 aliphatic carbocycles. The maximum Gasteiger partial charge on any atom is 0.136 e. The Kier molecular flexibility index (Phi) is 6.70. The SMILES string of the molecule is CCN[C@@H](Cc1ccccc1)C(N)N=NNP. The first-order chi connectivity index (χ1) is 8.27. The minimum Gasteiger partial charge on any atom is -0.311 e. The standard InChI is InChI=1S/C11H20N5P/c1-2-13-10(11(12)14-15-16-17)8-9-6-4-3-5-7-9/h3-7,10-11,13H,2,8,12,17H2,1H3,(H,14,16)/t10-,11?/m0/s1. The largest absolute Gasteiger partial charge is 0.311 e. The van der Waals surface area contributed by atoms with Crippen LogP contribution in [-0.4, -0.2) is 18.8 Å². The molecule has 0 fully saturated rings. The molecule has 0 heterocycles. The van der Waals surface area contributed by atoms with Gasteiger partial charge in [-0.15, -0.1) is 0 Å². The summed E-state index contributed by atoms with van der Waals surface area (Å²) in [6.07, 6.45) is 0.481. The Morgan fingerprint density at radius 3 is 2.65 bits per heavy atom. The van der Waals surface area contributed by atoms with Crippen LogP contribution in [-0.2, 0) is 6.42 Å². The third-order valence-electron chi connectivity index (χ3n) is 2.43. The van der Waals surface area contributed by atoms with Crippen molar-refractivity contribution in [3.63, 3.8) is 0 Å². The molecule has 0 amide bonds. The van der Waals surface area contributed by atoms with Gasteiger partial charge < -0.3 is 11.1 Å². The molecule has 0 aliphatic rings.